The number of amides is 1. The summed E-state index contributed by atoms with van der Waals surface area (Å²) in [4.78, 5) is 14.4. The fourth-order valence-electron chi connectivity index (χ4n) is 2.63. The van der Waals surface area contributed by atoms with E-state index in [4.69, 9.17) is 27.8 Å². The summed E-state index contributed by atoms with van der Waals surface area (Å²) in [5.74, 6) is -0.311. The van der Waals surface area contributed by atoms with E-state index in [1.165, 1.54) is 11.0 Å². The highest BCUT2D eigenvalue weighted by Gasteiger charge is 2.29. The Kier molecular flexibility index (Phi) is 5.19. The van der Waals surface area contributed by atoms with Crippen LogP contribution >= 0.6 is 23.2 Å². The second-order valence-corrected chi connectivity index (χ2v) is 7.24. The van der Waals surface area contributed by atoms with Crippen LogP contribution in [0.2, 0.25) is 10.0 Å². The summed E-state index contributed by atoms with van der Waals surface area (Å²) in [6, 6.07) is 11.4. The lowest BCUT2D eigenvalue weighted by atomic mass is 9.98. The van der Waals surface area contributed by atoms with Crippen LogP contribution in [0.5, 0.6) is 0 Å². The highest BCUT2D eigenvalue weighted by Crippen LogP contribution is 2.32. The van der Waals surface area contributed by atoms with E-state index in [1.807, 2.05) is 0 Å². The molecular formula is C16H12Cl2N2O5S. The Bertz CT molecular complexity index is 1010. The Hall–Kier alpha value is -2.13. The van der Waals surface area contributed by atoms with Crippen molar-refractivity contribution in [1.82, 2.24) is 0 Å². The number of carbonyl (C=O) groups excluding carboxylic acids is 1. The molecule has 0 spiro atoms. The van der Waals surface area contributed by atoms with Gasteiger partial charge in [0, 0.05) is 23.6 Å². The largest absolute Gasteiger partial charge is 0.466 e. The molecule has 0 aliphatic carbocycles. The smallest absolute Gasteiger partial charge is 0.307 e. The predicted molar refractivity (Wildman–Crippen MR) is 98.4 cm³/mol. The summed E-state index contributed by atoms with van der Waals surface area (Å²) in [6.45, 7) is 0.215. The third-order valence-corrected chi connectivity index (χ3v) is 4.55. The van der Waals surface area contributed by atoms with Gasteiger partial charge in [0.15, 0.2) is 0 Å². The van der Waals surface area contributed by atoms with Crippen LogP contribution < -0.4 is 4.90 Å². The number of benzene rings is 2. The lowest BCUT2D eigenvalue weighted by Crippen LogP contribution is -2.37. The van der Waals surface area contributed by atoms with Gasteiger partial charge in [-0.3, -0.25) is 9.35 Å². The Balaban J connectivity index is 2.03. The number of hydrogen-bond donors (Lipinski definition) is 1. The van der Waals surface area contributed by atoms with Gasteiger partial charge in [0.05, 0.1) is 22.0 Å². The van der Waals surface area contributed by atoms with E-state index in [0.717, 1.165) is 0 Å². The number of halogens is 2. The minimum atomic E-state index is -4.73. The Morgan fingerprint density at radius 2 is 1.92 bits per heavy atom. The first-order valence-electron chi connectivity index (χ1n) is 7.35. The Labute approximate surface area is 159 Å². The molecule has 2 aromatic rings. The average Bonchev–Trinajstić information content (AvgIpc) is 2.58. The molecule has 1 amide bonds. The molecule has 7 nitrogen and oxygen atoms in total. The molecule has 0 bridgehead atoms. The first-order chi connectivity index (χ1) is 12.3. The lowest BCUT2D eigenvalue weighted by Gasteiger charge is -2.30. The first-order valence-corrected chi connectivity index (χ1v) is 9.47. The van der Waals surface area contributed by atoms with Crippen LogP contribution in [-0.4, -0.2) is 31.1 Å². The Morgan fingerprint density at radius 3 is 2.62 bits per heavy atom. The molecule has 10 heteroatoms. The number of carbonyl (C=O) groups is 1. The van der Waals surface area contributed by atoms with Crippen LogP contribution in [0.3, 0.4) is 0 Å². The van der Waals surface area contributed by atoms with Crippen molar-refractivity contribution in [3.8, 4) is 0 Å². The van der Waals surface area contributed by atoms with Gasteiger partial charge >= 0.3 is 10.4 Å². The summed E-state index contributed by atoms with van der Waals surface area (Å²) in [7, 11) is -4.73. The van der Waals surface area contributed by atoms with Crippen molar-refractivity contribution in [3.63, 3.8) is 0 Å². The van der Waals surface area contributed by atoms with Gasteiger partial charge in [0.2, 0.25) is 0 Å². The molecule has 1 aliphatic rings. The van der Waals surface area contributed by atoms with Crippen molar-refractivity contribution in [3.05, 3.63) is 63.6 Å². The zero-order valence-corrected chi connectivity index (χ0v) is 15.4. The van der Waals surface area contributed by atoms with Crippen molar-refractivity contribution in [1.29, 1.82) is 0 Å². The van der Waals surface area contributed by atoms with Gasteiger partial charge in [-0.05, 0) is 30.3 Å². The maximum atomic E-state index is 12.9. The van der Waals surface area contributed by atoms with Gasteiger partial charge in [-0.15, -0.1) is 0 Å². The molecule has 0 unspecified atom stereocenters. The number of hydrogen-bond acceptors (Lipinski definition) is 5. The molecule has 0 saturated carbocycles. The standard InChI is InChI=1S/C16H12Cl2N2O5S/c17-10-5-6-15-12(9-10)14(19-25-26(22,23)24)7-8-20(15)16(21)11-3-1-2-4-13(11)18/h1-6,9H,7-8H2,(H,22,23,24)/b19-14+. The van der Waals surface area contributed by atoms with Gasteiger partial charge in [-0.2, -0.15) is 8.42 Å². The molecule has 0 radical (unpaired) electrons. The third kappa shape index (κ3) is 3.99. The second-order valence-electron chi connectivity index (χ2n) is 5.39. The summed E-state index contributed by atoms with van der Waals surface area (Å²) in [5.41, 5.74) is 1.48. The molecule has 26 heavy (non-hydrogen) atoms. The number of rotatable bonds is 3. The van der Waals surface area contributed by atoms with E-state index >= 15 is 0 Å². The SMILES string of the molecule is O=C(c1ccccc1Cl)N1CC/C(=N\OS(=O)(=O)O)c2cc(Cl)ccc21. The maximum absolute atomic E-state index is 12.9. The molecule has 0 saturated heterocycles. The molecule has 1 N–H and O–H groups in total. The predicted octanol–water partition coefficient (Wildman–Crippen LogP) is 3.57. The fraction of sp³-hybridized carbons (Fsp3) is 0.125. The summed E-state index contributed by atoms with van der Waals surface area (Å²) < 4.78 is 34.4. The van der Waals surface area contributed by atoms with E-state index in [1.54, 1.807) is 36.4 Å². The quantitative estimate of drug-likeness (QED) is 0.611. The molecule has 136 valence electrons. The van der Waals surface area contributed by atoms with Gasteiger partial charge in [0.25, 0.3) is 5.91 Å². The molecule has 1 aliphatic heterocycles. The van der Waals surface area contributed by atoms with Crippen molar-refractivity contribution < 1.29 is 22.0 Å². The minimum absolute atomic E-state index is 0.194. The summed E-state index contributed by atoms with van der Waals surface area (Å²) >= 11 is 12.1. The molecular weight excluding hydrogens is 403 g/mol. The van der Waals surface area contributed by atoms with E-state index in [2.05, 4.69) is 9.44 Å². The van der Waals surface area contributed by atoms with Crippen molar-refractivity contribution >= 4 is 50.9 Å². The topological polar surface area (TPSA) is 96.3 Å². The van der Waals surface area contributed by atoms with Crippen LogP contribution in [0.4, 0.5) is 5.69 Å². The zero-order valence-electron chi connectivity index (χ0n) is 13.1. The van der Waals surface area contributed by atoms with Gasteiger partial charge in [0.1, 0.15) is 0 Å². The summed E-state index contributed by atoms with van der Waals surface area (Å²) in [5, 5.41) is 4.17. The Morgan fingerprint density at radius 1 is 1.19 bits per heavy atom. The highest BCUT2D eigenvalue weighted by molar-refractivity contribution is 7.80. The minimum Gasteiger partial charge on any atom is -0.307 e. The number of oxime groups is 1. The maximum Gasteiger partial charge on any atom is 0.466 e. The van der Waals surface area contributed by atoms with E-state index in [0.29, 0.717) is 26.9 Å². The van der Waals surface area contributed by atoms with Crippen LogP contribution in [0.25, 0.3) is 0 Å². The molecule has 0 fully saturated rings. The molecule has 0 atom stereocenters. The molecule has 0 aromatic heterocycles. The van der Waals surface area contributed by atoms with E-state index in [9.17, 15) is 13.2 Å². The highest BCUT2D eigenvalue weighted by atomic mass is 35.5. The number of nitrogens with zero attached hydrogens (tertiary/aromatic N) is 2. The van der Waals surface area contributed by atoms with Crippen molar-refractivity contribution in [2.24, 2.45) is 5.16 Å². The second kappa shape index (κ2) is 7.24. The number of anilines is 1. The normalized spacial score (nSPS) is 15.7. The molecule has 3 rings (SSSR count). The lowest BCUT2D eigenvalue weighted by molar-refractivity contribution is 0.0987. The third-order valence-electron chi connectivity index (χ3n) is 3.72. The molecule has 1 heterocycles. The van der Waals surface area contributed by atoms with Gasteiger partial charge in [-0.1, -0.05) is 40.5 Å². The van der Waals surface area contributed by atoms with Gasteiger partial charge in [-0.25, -0.2) is 4.28 Å². The van der Waals surface area contributed by atoms with Gasteiger partial charge < -0.3 is 4.90 Å². The van der Waals surface area contributed by atoms with Crippen LogP contribution in [-0.2, 0) is 14.7 Å². The fourth-order valence-corrected chi connectivity index (χ4v) is 3.20. The number of fused-ring (bicyclic) bond motifs is 1. The van der Waals surface area contributed by atoms with Crippen molar-refractivity contribution in [2.45, 2.75) is 6.42 Å². The van der Waals surface area contributed by atoms with Crippen LogP contribution in [0, 0.1) is 0 Å². The first kappa shape index (κ1) is 18.7. The summed E-state index contributed by atoms with van der Waals surface area (Å²) in [6.07, 6.45) is 0.194. The van der Waals surface area contributed by atoms with Crippen molar-refractivity contribution in [2.75, 3.05) is 11.4 Å². The zero-order chi connectivity index (χ0) is 18.9. The molecule has 2 aromatic carbocycles. The average molecular weight is 415 g/mol. The van der Waals surface area contributed by atoms with E-state index < -0.39 is 10.4 Å². The van der Waals surface area contributed by atoms with E-state index in [-0.39, 0.29) is 24.6 Å². The van der Waals surface area contributed by atoms with Crippen LogP contribution in [0.1, 0.15) is 22.3 Å². The monoisotopic (exact) mass is 414 g/mol. The van der Waals surface area contributed by atoms with Crippen LogP contribution in [0.15, 0.2) is 47.6 Å².